The first kappa shape index (κ1) is 19.7. The molecule has 0 aliphatic carbocycles. The van der Waals surface area contributed by atoms with E-state index in [1.807, 2.05) is 0 Å². The lowest BCUT2D eigenvalue weighted by atomic mass is 9.99. The number of sulfonamides is 1. The van der Waals surface area contributed by atoms with Crippen LogP contribution in [0.15, 0.2) is 41.4 Å². The molecule has 5 nitrogen and oxygen atoms in total. The minimum absolute atomic E-state index is 0.0737. The Morgan fingerprint density at radius 1 is 1.16 bits per heavy atom. The zero-order valence-electron chi connectivity index (χ0n) is 13.5. The number of phenolic OH excluding ortho intramolecular Hbond substituents is 1. The molecule has 0 saturated carbocycles. The van der Waals surface area contributed by atoms with Gasteiger partial charge in [-0.2, -0.15) is 0 Å². The van der Waals surface area contributed by atoms with E-state index < -0.39 is 10.0 Å². The summed E-state index contributed by atoms with van der Waals surface area (Å²) >= 11 is 12.0. The first-order valence-electron chi connectivity index (χ1n) is 7.48. The molecular formula is C17H18Cl2N2O3S. The quantitative estimate of drug-likeness (QED) is 0.573. The summed E-state index contributed by atoms with van der Waals surface area (Å²) in [5.74, 6) is -0.0881. The number of aliphatic imine (C=N–C) groups is 1. The lowest BCUT2D eigenvalue weighted by Gasteiger charge is -2.12. The van der Waals surface area contributed by atoms with Crippen molar-refractivity contribution in [3.63, 3.8) is 0 Å². The van der Waals surface area contributed by atoms with Gasteiger partial charge in [0.1, 0.15) is 5.75 Å². The molecule has 0 radical (unpaired) electrons. The van der Waals surface area contributed by atoms with Gasteiger partial charge in [-0.05, 0) is 43.2 Å². The molecule has 0 amide bonds. The Morgan fingerprint density at radius 3 is 2.40 bits per heavy atom. The zero-order chi connectivity index (χ0) is 18.6. The van der Waals surface area contributed by atoms with Crippen LogP contribution in [0.2, 0.25) is 10.0 Å². The normalized spacial score (nSPS) is 12.4. The van der Waals surface area contributed by atoms with Crippen LogP contribution in [0.5, 0.6) is 5.75 Å². The van der Waals surface area contributed by atoms with Crippen molar-refractivity contribution in [3.8, 4) is 5.75 Å². The molecule has 3 N–H and O–H groups in total. The molecule has 2 aromatic carbocycles. The zero-order valence-corrected chi connectivity index (χ0v) is 15.9. The fourth-order valence-electron chi connectivity index (χ4n) is 2.31. The second-order valence-corrected chi connectivity index (χ2v) is 8.18. The number of primary sulfonamides is 1. The number of nitrogens with zero attached hydrogens (tertiary/aromatic N) is 1. The van der Waals surface area contributed by atoms with Crippen molar-refractivity contribution in [2.75, 3.05) is 12.3 Å². The number of aryl methyl sites for hydroxylation is 1. The van der Waals surface area contributed by atoms with Crippen molar-refractivity contribution in [3.05, 3.63) is 63.1 Å². The number of phenols is 1. The highest BCUT2D eigenvalue weighted by atomic mass is 35.5. The summed E-state index contributed by atoms with van der Waals surface area (Å²) in [7, 11) is -3.54. The van der Waals surface area contributed by atoms with E-state index >= 15 is 0 Å². The standard InChI is InChI=1S/C17H18Cl2N2O3S/c1-11-9-14(19)10-15(17(11)22)16(12-3-5-13(18)6-4-12)21-7-2-8-25(20,23)24/h3-6,9-10,22H,2,7-8H2,1H3,(H2,20,23,24). The van der Waals surface area contributed by atoms with Crippen LogP contribution < -0.4 is 5.14 Å². The Morgan fingerprint density at radius 2 is 1.80 bits per heavy atom. The molecule has 25 heavy (non-hydrogen) atoms. The molecular weight excluding hydrogens is 383 g/mol. The van der Waals surface area contributed by atoms with Crippen LogP contribution in [0.1, 0.15) is 23.1 Å². The van der Waals surface area contributed by atoms with E-state index in [2.05, 4.69) is 4.99 Å². The third kappa shape index (κ3) is 5.71. The van der Waals surface area contributed by atoms with Crippen molar-refractivity contribution in [1.82, 2.24) is 0 Å². The summed E-state index contributed by atoms with van der Waals surface area (Å²) in [5.41, 5.74) is 2.34. The molecule has 0 aromatic heterocycles. The molecule has 0 spiro atoms. The van der Waals surface area contributed by atoms with E-state index in [0.29, 0.717) is 26.9 Å². The van der Waals surface area contributed by atoms with Crippen LogP contribution in [-0.2, 0) is 10.0 Å². The molecule has 2 rings (SSSR count). The predicted octanol–water partition coefficient (Wildman–Crippen LogP) is 3.52. The molecule has 134 valence electrons. The fourth-order valence-corrected chi connectivity index (χ4v) is 3.24. The first-order chi connectivity index (χ1) is 11.7. The molecule has 0 saturated heterocycles. The number of nitrogens with two attached hydrogens (primary N) is 1. The molecule has 2 aromatic rings. The van der Waals surface area contributed by atoms with Gasteiger partial charge in [0.2, 0.25) is 10.0 Å². The Labute approximate surface area is 157 Å². The van der Waals surface area contributed by atoms with E-state index in [4.69, 9.17) is 28.3 Å². The summed E-state index contributed by atoms with van der Waals surface area (Å²) in [6.07, 6.45) is 0.274. The molecule has 8 heteroatoms. The lowest BCUT2D eigenvalue weighted by Crippen LogP contribution is -2.17. The minimum atomic E-state index is -3.54. The smallest absolute Gasteiger partial charge is 0.209 e. The largest absolute Gasteiger partial charge is 0.507 e. The van der Waals surface area contributed by atoms with Crippen LogP contribution in [0.25, 0.3) is 0 Å². The molecule has 0 fully saturated rings. The summed E-state index contributed by atoms with van der Waals surface area (Å²) < 4.78 is 22.1. The highest BCUT2D eigenvalue weighted by Crippen LogP contribution is 2.29. The first-order valence-corrected chi connectivity index (χ1v) is 9.95. The third-order valence-electron chi connectivity index (χ3n) is 3.49. The minimum Gasteiger partial charge on any atom is -0.507 e. The molecule has 0 unspecified atom stereocenters. The van der Waals surface area contributed by atoms with Crippen LogP contribution in [-0.4, -0.2) is 31.5 Å². The van der Waals surface area contributed by atoms with Gasteiger partial charge >= 0.3 is 0 Å². The number of rotatable bonds is 6. The Balaban J connectivity index is 2.44. The number of hydrogen-bond acceptors (Lipinski definition) is 4. The van der Waals surface area contributed by atoms with E-state index in [0.717, 1.165) is 5.56 Å². The fraction of sp³-hybridized carbons (Fsp3) is 0.235. The van der Waals surface area contributed by atoms with Crippen molar-refractivity contribution in [2.24, 2.45) is 10.1 Å². The van der Waals surface area contributed by atoms with Gasteiger partial charge in [0, 0.05) is 27.7 Å². The van der Waals surface area contributed by atoms with Gasteiger partial charge in [-0.15, -0.1) is 0 Å². The van der Waals surface area contributed by atoms with Gasteiger partial charge < -0.3 is 5.11 Å². The molecule has 0 aliphatic heterocycles. The van der Waals surface area contributed by atoms with Crippen LogP contribution in [0.4, 0.5) is 0 Å². The summed E-state index contributed by atoms with van der Waals surface area (Å²) in [5, 5.41) is 16.5. The highest BCUT2D eigenvalue weighted by molar-refractivity contribution is 7.89. The average Bonchev–Trinajstić information content (AvgIpc) is 2.51. The number of benzene rings is 2. The number of aromatic hydroxyl groups is 1. The van der Waals surface area contributed by atoms with Gasteiger partial charge in [-0.1, -0.05) is 35.3 Å². The summed E-state index contributed by atoms with van der Waals surface area (Å²) in [6.45, 7) is 1.98. The monoisotopic (exact) mass is 400 g/mol. The third-order valence-corrected chi connectivity index (χ3v) is 4.82. The predicted molar refractivity (Wildman–Crippen MR) is 102 cm³/mol. The van der Waals surface area contributed by atoms with Crippen molar-refractivity contribution in [2.45, 2.75) is 13.3 Å². The van der Waals surface area contributed by atoms with Gasteiger partial charge in [0.05, 0.1) is 11.5 Å². The Hall–Kier alpha value is -1.60. The molecule has 0 aliphatic rings. The van der Waals surface area contributed by atoms with Gasteiger partial charge in [0.25, 0.3) is 0 Å². The van der Waals surface area contributed by atoms with Gasteiger partial charge in [-0.25, -0.2) is 13.6 Å². The van der Waals surface area contributed by atoms with Crippen molar-refractivity contribution >= 4 is 38.9 Å². The van der Waals surface area contributed by atoms with E-state index in [1.54, 1.807) is 43.3 Å². The topological polar surface area (TPSA) is 92.8 Å². The number of hydrogen-bond donors (Lipinski definition) is 2. The maximum atomic E-state index is 11.1. The number of halogens is 2. The lowest BCUT2D eigenvalue weighted by molar-refractivity contribution is 0.470. The van der Waals surface area contributed by atoms with Crippen LogP contribution >= 0.6 is 23.2 Å². The van der Waals surface area contributed by atoms with Crippen LogP contribution in [0.3, 0.4) is 0 Å². The summed E-state index contributed by atoms with van der Waals surface area (Å²) in [4.78, 5) is 4.47. The summed E-state index contributed by atoms with van der Waals surface area (Å²) in [6, 6.07) is 10.3. The highest BCUT2D eigenvalue weighted by Gasteiger charge is 2.15. The van der Waals surface area contributed by atoms with Crippen LogP contribution in [0, 0.1) is 6.92 Å². The second-order valence-electron chi connectivity index (χ2n) is 5.58. The van der Waals surface area contributed by atoms with E-state index in [1.165, 1.54) is 0 Å². The maximum absolute atomic E-state index is 11.1. The molecule has 0 atom stereocenters. The van der Waals surface area contributed by atoms with E-state index in [9.17, 15) is 13.5 Å². The average molecular weight is 401 g/mol. The van der Waals surface area contributed by atoms with Gasteiger partial charge in [0.15, 0.2) is 0 Å². The van der Waals surface area contributed by atoms with Crippen molar-refractivity contribution in [1.29, 1.82) is 0 Å². The Kier molecular flexibility index (Phi) is 6.46. The SMILES string of the molecule is Cc1cc(Cl)cc(C(=NCCCS(N)(=O)=O)c2ccc(Cl)cc2)c1O. The molecule has 0 heterocycles. The van der Waals surface area contributed by atoms with Crippen molar-refractivity contribution < 1.29 is 13.5 Å². The molecule has 0 bridgehead atoms. The Bertz CT molecular complexity index is 895. The maximum Gasteiger partial charge on any atom is 0.209 e. The van der Waals surface area contributed by atoms with Gasteiger partial charge in [-0.3, -0.25) is 4.99 Å². The van der Waals surface area contributed by atoms with E-state index in [-0.39, 0.29) is 24.5 Å². The second kappa shape index (κ2) is 8.19.